The van der Waals surface area contributed by atoms with E-state index < -0.39 is 0 Å². The highest BCUT2D eigenvalue weighted by atomic mass is 19.1. The number of ether oxygens (including phenoxy) is 1. The van der Waals surface area contributed by atoms with E-state index >= 15 is 0 Å². The smallest absolute Gasteiger partial charge is 0.220 e. The van der Waals surface area contributed by atoms with Crippen molar-refractivity contribution in [3.63, 3.8) is 0 Å². The average Bonchev–Trinajstić information content (AvgIpc) is 2.45. The maximum atomic E-state index is 13.4. The lowest BCUT2D eigenvalue weighted by Gasteiger charge is -2.22. The quantitative estimate of drug-likeness (QED) is 0.888. The zero-order valence-corrected chi connectivity index (χ0v) is 11.0. The minimum Gasteiger partial charge on any atom is -0.376 e. The summed E-state index contributed by atoms with van der Waals surface area (Å²) in [5.41, 5.74) is 0.589. The zero-order valence-electron chi connectivity index (χ0n) is 11.0. The van der Waals surface area contributed by atoms with E-state index in [4.69, 9.17) is 4.74 Å². The molecule has 1 atom stereocenters. The molecule has 0 unspecified atom stereocenters. The first-order valence-electron chi connectivity index (χ1n) is 6.87. The van der Waals surface area contributed by atoms with Gasteiger partial charge in [-0.1, -0.05) is 18.2 Å². The third-order valence-corrected chi connectivity index (χ3v) is 3.38. The van der Waals surface area contributed by atoms with E-state index in [0.29, 0.717) is 24.9 Å². The molecule has 1 amide bonds. The van der Waals surface area contributed by atoms with E-state index in [1.807, 2.05) is 0 Å². The fourth-order valence-electron chi connectivity index (χ4n) is 2.23. The minimum absolute atomic E-state index is 0.0440. The summed E-state index contributed by atoms with van der Waals surface area (Å²) in [6.07, 6.45) is 4.17. The second kappa shape index (κ2) is 7.24. The first kappa shape index (κ1) is 14.0. The largest absolute Gasteiger partial charge is 0.376 e. The molecule has 104 valence electrons. The first-order valence-corrected chi connectivity index (χ1v) is 6.87. The fourth-order valence-corrected chi connectivity index (χ4v) is 2.23. The lowest BCUT2D eigenvalue weighted by atomic mass is 10.1. The Morgan fingerprint density at radius 1 is 1.37 bits per heavy atom. The number of benzene rings is 1. The van der Waals surface area contributed by atoms with Crippen LogP contribution in [-0.2, 0) is 16.0 Å². The van der Waals surface area contributed by atoms with Crippen LogP contribution < -0.4 is 5.32 Å². The Morgan fingerprint density at radius 2 is 2.21 bits per heavy atom. The van der Waals surface area contributed by atoms with Crippen LogP contribution in [0.3, 0.4) is 0 Å². The van der Waals surface area contributed by atoms with Gasteiger partial charge < -0.3 is 10.1 Å². The predicted octanol–water partition coefficient (Wildman–Crippen LogP) is 2.44. The van der Waals surface area contributed by atoms with E-state index in [-0.39, 0.29) is 17.8 Å². The molecular formula is C15H20FNO2. The van der Waals surface area contributed by atoms with Crippen LogP contribution in [0.1, 0.15) is 31.2 Å². The second-order valence-electron chi connectivity index (χ2n) is 4.88. The van der Waals surface area contributed by atoms with Crippen molar-refractivity contribution in [2.24, 2.45) is 0 Å². The summed E-state index contributed by atoms with van der Waals surface area (Å²) in [7, 11) is 0. The molecule has 1 heterocycles. The Hall–Kier alpha value is -1.42. The van der Waals surface area contributed by atoms with E-state index in [0.717, 1.165) is 25.9 Å². The van der Waals surface area contributed by atoms with Gasteiger partial charge in [0.2, 0.25) is 5.91 Å². The van der Waals surface area contributed by atoms with Crippen molar-refractivity contribution in [3.8, 4) is 0 Å². The van der Waals surface area contributed by atoms with Gasteiger partial charge in [0.1, 0.15) is 5.82 Å². The molecule has 0 spiro atoms. The lowest BCUT2D eigenvalue weighted by Crippen LogP contribution is -2.35. The SMILES string of the molecule is O=C(CCc1ccccc1F)NC[C@@H]1CCCCO1. The van der Waals surface area contributed by atoms with Gasteiger partial charge in [0.25, 0.3) is 0 Å². The van der Waals surface area contributed by atoms with Crippen LogP contribution in [-0.4, -0.2) is 25.2 Å². The minimum atomic E-state index is -0.245. The van der Waals surface area contributed by atoms with Crippen LogP contribution >= 0.6 is 0 Å². The Balaban J connectivity index is 1.68. The molecule has 1 aromatic carbocycles. The van der Waals surface area contributed by atoms with Gasteiger partial charge in [-0.25, -0.2) is 4.39 Å². The van der Waals surface area contributed by atoms with Gasteiger partial charge in [-0.05, 0) is 37.3 Å². The summed E-state index contributed by atoms with van der Waals surface area (Å²) < 4.78 is 18.9. The monoisotopic (exact) mass is 265 g/mol. The second-order valence-corrected chi connectivity index (χ2v) is 4.88. The van der Waals surface area contributed by atoms with Gasteiger partial charge in [0.05, 0.1) is 6.10 Å². The van der Waals surface area contributed by atoms with Crippen LogP contribution in [0.15, 0.2) is 24.3 Å². The Kier molecular flexibility index (Phi) is 5.33. The summed E-state index contributed by atoms with van der Waals surface area (Å²) in [6.45, 7) is 1.35. The molecule has 4 heteroatoms. The van der Waals surface area contributed by atoms with Gasteiger partial charge >= 0.3 is 0 Å². The molecule has 1 aromatic rings. The Labute approximate surface area is 113 Å². The standard InChI is InChI=1S/C15H20FNO2/c16-14-7-2-1-5-12(14)8-9-15(18)17-11-13-6-3-4-10-19-13/h1-2,5,7,13H,3-4,6,8-11H2,(H,17,18)/t13-/m0/s1. The molecule has 3 nitrogen and oxygen atoms in total. The van der Waals surface area contributed by atoms with Crippen molar-refractivity contribution < 1.29 is 13.9 Å². The highest BCUT2D eigenvalue weighted by molar-refractivity contribution is 5.76. The number of aryl methyl sites for hydroxylation is 1. The zero-order chi connectivity index (χ0) is 13.5. The number of carbonyl (C=O) groups excluding carboxylic acids is 1. The number of hydrogen-bond acceptors (Lipinski definition) is 2. The third-order valence-electron chi connectivity index (χ3n) is 3.38. The van der Waals surface area contributed by atoms with Crippen molar-refractivity contribution >= 4 is 5.91 Å². The summed E-state index contributed by atoms with van der Waals surface area (Å²) in [5, 5.41) is 2.86. The molecule has 1 fully saturated rings. The van der Waals surface area contributed by atoms with Crippen LogP contribution in [0, 0.1) is 5.82 Å². The van der Waals surface area contributed by atoms with Crippen molar-refractivity contribution in [2.75, 3.05) is 13.2 Å². The molecule has 0 bridgehead atoms. The average molecular weight is 265 g/mol. The maximum absolute atomic E-state index is 13.4. The van der Waals surface area contributed by atoms with Crippen molar-refractivity contribution in [1.29, 1.82) is 0 Å². The molecule has 0 saturated carbocycles. The number of carbonyl (C=O) groups is 1. The molecule has 0 aliphatic carbocycles. The number of amides is 1. The highest BCUT2D eigenvalue weighted by Crippen LogP contribution is 2.12. The summed E-state index contributed by atoms with van der Waals surface area (Å²) in [5.74, 6) is -0.289. The van der Waals surface area contributed by atoms with E-state index in [9.17, 15) is 9.18 Å². The first-order chi connectivity index (χ1) is 9.25. The molecule has 19 heavy (non-hydrogen) atoms. The van der Waals surface area contributed by atoms with E-state index in [1.54, 1.807) is 18.2 Å². The van der Waals surface area contributed by atoms with Crippen LogP contribution in [0.2, 0.25) is 0 Å². The van der Waals surface area contributed by atoms with Gasteiger partial charge in [0, 0.05) is 19.6 Å². The molecule has 1 aliphatic rings. The van der Waals surface area contributed by atoms with E-state index in [2.05, 4.69) is 5.32 Å². The summed E-state index contributed by atoms with van der Waals surface area (Å²) in [6, 6.07) is 6.57. The molecule has 2 rings (SSSR count). The van der Waals surface area contributed by atoms with Crippen LogP contribution in [0.25, 0.3) is 0 Å². The third kappa shape index (κ3) is 4.63. The van der Waals surface area contributed by atoms with E-state index in [1.165, 1.54) is 6.07 Å². The van der Waals surface area contributed by atoms with Crippen LogP contribution in [0.4, 0.5) is 4.39 Å². The maximum Gasteiger partial charge on any atom is 0.220 e. The number of hydrogen-bond donors (Lipinski definition) is 1. The van der Waals surface area contributed by atoms with Gasteiger partial charge in [-0.3, -0.25) is 4.79 Å². The summed E-state index contributed by atoms with van der Waals surface area (Å²) in [4.78, 5) is 11.7. The molecule has 0 radical (unpaired) electrons. The Morgan fingerprint density at radius 3 is 2.95 bits per heavy atom. The van der Waals surface area contributed by atoms with Gasteiger partial charge in [0.15, 0.2) is 0 Å². The molecule has 1 saturated heterocycles. The number of nitrogens with one attached hydrogen (secondary N) is 1. The topological polar surface area (TPSA) is 38.3 Å². The molecule has 1 aliphatic heterocycles. The normalized spacial score (nSPS) is 19.1. The number of halogens is 1. The molecule has 0 aromatic heterocycles. The van der Waals surface area contributed by atoms with Crippen molar-refractivity contribution in [1.82, 2.24) is 5.32 Å². The van der Waals surface area contributed by atoms with Gasteiger partial charge in [-0.2, -0.15) is 0 Å². The fraction of sp³-hybridized carbons (Fsp3) is 0.533. The van der Waals surface area contributed by atoms with Crippen molar-refractivity contribution in [2.45, 2.75) is 38.2 Å². The Bertz CT molecular complexity index is 416. The predicted molar refractivity (Wildman–Crippen MR) is 71.3 cm³/mol. The molecule has 1 N–H and O–H groups in total. The summed E-state index contributed by atoms with van der Waals surface area (Å²) >= 11 is 0. The molecular weight excluding hydrogens is 245 g/mol. The lowest BCUT2D eigenvalue weighted by molar-refractivity contribution is -0.122. The van der Waals surface area contributed by atoms with Crippen LogP contribution in [0.5, 0.6) is 0 Å². The van der Waals surface area contributed by atoms with Gasteiger partial charge in [-0.15, -0.1) is 0 Å². The highest BCUT2D eigenvalue weighted by Gasteiger charge is 2.14. The number of rotatable bonds is 5. The van der Waals surface area contributed by atoms with Crippen molar-refractivity contribution in [3.05, 3.63) is 35.6 Å².